The van der Waals surface area contributed by atoms with Crippen LogP contribution in [0.5, 0.6) is 0 Å². The van der Waals surface area contributed by atoms with Crippen LogP contribution in [-0.4, -0.2) is 19.9 Å². The van der Waals surface area contributed by atoms with E-state index >= 15 is 0 Å². The summed E-state index contributed by atoms with van der Waals surface area (Å²) < 4.78 is 6.63. The van der Waals surface area contributed by atoms with Gasteiger partial charge in [-0.1, -0.05) is 11.7 Å². The first kappa shape index (κ1) is 10.6. The summed E-state index contributed by atoms with van der Waals surface area (Å²) in [6.07, 6.45) is 5.33. The molecule has 0 radical (unpaired) electrons. The van der Waals surface area contributed by atoms with Gasteiger partial charge < -0.3 is 9.84 Å². The second-order valence-electron chi connectivity index (χ2n) is 3.35. The minimum Gasteiger partial charge on any atom is -0.338 e. The standard InChI is InChI=1S/C10H13N5O/c1-3-15-7-9(5-12-15)4-11-6-10-13-8(2)14-16-10/h3,5,7,11H,1,4,6H2,2H3. The fraction of sp³-hybridized carbons (Fsp3) is 0.300. The number of aromatic nitrogens is 4. The van der Waals surface area contributed by atoms with Crippen LogP contribution in [0, 0.1) is 6.92 Å². The molecule has 0 aliphatic carbocycles. The molecule has 0 unspecified atom stereocenters. The van der Waals surface area contributed by atoms with Crippen molar-refractivity contribution >= 4 is 6.20 Å². The summed E-state index contributed by atoms with van der Waals surface area (Å²) in [6, 6.07) is 0. The van der Waals surface area contributed by atoms with Crippen LogP contribution in [0.4, 0.5) is 0 Å². The van der Waals surface area contributed by atoms with Crippen LogP contribution in [0.25, 0.3) is 6.20 Å². The number of nitrogens with zero attached hydrogens (tertiary/aromatic N) is 4. The maximum atomic E-state index is 4.97. The maximum Gasteiger partial charge on any atom is 0.240 e. The molecule has 2 heterocycles. The van der Waals surface area contributed by atoms with E-state index in [1.165, 1.54) is 0 Å². The molecule has 6 heteroatoms. The van der Waals surface area contributed by atoms with Crippen LogP contribution in [-0.2, 0) is 13.1 Å². The first-order valence-corrected chi connectivity index (χ1v) is 4.93. The summed E-state index contributed by atoms with van der Waals surface area (Å²) in [5, 5.41) is 11.0. The van der Waals surface area contributed by atoms with Crippen molar-refractivity contribution in [1.82, 2.24) is 25.2 Å². The van der Waals surface area contributed by atoms with E-state index in [1.54, 1.807) is 24.0 Å². The van der Waals surface area contributed by atoms with E-state index in [0.29, 0.717) is 24.8 Å². The number of hydrogen-bond donors (Lipinski definition) is 1. The molecule has 16 heavy (non-hydrogen) atoms. The molecule has 84 valence electrons. The van der Waals surface area contributed by atoms with E-state index < -0.39 is 0 Å². The van der Waals surface area contributed by atoms with Gasteiger partial charge in [0, 0.05) is 24.5 Å². The first-order valence-electron chi connectivity index (χ1n) is 4.93. The quantitative estimate of drug-likeness (QED) is 0.811. The Kier molecular flexibility index (Phi) is 3.11. The molecular weight excluding hydrogens is 206 g/mol. The summed E-state index contributed by atoms with van der Waals surface area (Å²) >= 11 is 0. The van der Waals surface area contributed by atoms with Gasteiger partial charge in [-0.15, -0.1) is 0 Å². The Bertz CT molecular complexity index is 473. The Morgan fingerprint density at radius 3 is 3.06 bits per heavy atom. The Morgan fingerprint density at radius 1 is 1.56 bits per heavy atom. The largest absolute Gasteiger partial charge is 0.338 e. The highest BCUT2D eigenvalue weighted by Crippen LogP contribution is 1.99. The van der Waals surface area contributed by atoms with Gasteiger partial charge in [0.25, 0.3) is 0 Å². The summed E-state index contributed by atoms with van der Waals surface area (Å²) in [5.41, 5.74) is 1.08. The van der Waals surface area contributed by atoms with Crippen LogP contribution in [0.3, 0.4) is 0 Å². The van der Waals surface area contributed by atoms with Gasteiger partial charge in [0.05, 0.1) is 12.7 Å². The summed E-state index contributed by atoms with van der Waals surface area (Å²) in [4.78, 5) is 4.09. The molecule has 0 saturated carbocycles. The van der Waals surface area contributed by atoms with Crippen molar-refractivity contribution < 1.29 is 4.52 Å². The van der Waals surface area contributed by atoms with Crippen molar-refractivity contribution in [3.8, 4) is 0 Å². The van der Waals surface area contributed by atoms with Gasteiger partial charge in [-0.25, -0.2) is 4.68 Å². The van der Waals surface area contributed by atoms with Crippen LogP contribution < -0.4 is 5.32 Å². The van der Waals surface area contributed by atoms with Crippen molar-refractivity contribution in [3.05, 3.63) is 36.3 Å². The molecule has 0 fully saturated rings. The number of aryl methyl sites for hydroxylation is 1. The molecule has 0 aliphatic rings. The van der Waals surface area contributed by atoms with Gasteiger partial charge in [-0.3, -0.25) is 0 Å². The van der Waals surface area contributed by atoms with Crippen molar-refractivity contribution in [2.75, 3.05) is 0 Å². The topological polar surface area (TPSA) is 68.8 Å². The zero-order valence-corrected chi connectivity index (χ0v) is 9.05. The molecule has 0 aliphatic heterocycles. The van der Waals surface area contributed by atoms with E-state index in [-0.39, 0.29) is 0 Å². The molecule has 6 nitrogen and oxygen atoms in total. The third-order valence-electron chi connectivity index (χ3n) is 2.02. The van der Waals surface area contributed by atoms with Gasteiger partial charge >= 0.3 is 0 Å². The number of hydrogen-bond acceptors (Lipinski definition) is 5. The van der Waals surface area contributed by atoms with Crippen molar-refractivity contribution in [1.29, 1.82) is 0 Å². The minimum absolute atomic E-state index is 0.556. The van der Waals surface area contributed by atoms with E-state index in [0.717, 1.165) is 5.56 Å². The Balaban J connectivity index is 1.81. The normalized spacial score (nSPS) is 10.6. The fourth-order valence-electron chi connectivity index (χ4n) is 1.29. The lowest BCUT2D eigenvalue weighted by Gasteiger charge is -1.97. The van der Waals surface area contributed by atoms with Crippen molar-refractivity contribution in [3.63, 3.8) is 0 Å². The molecule has 0 aromatic carbocycles. The fourth-order valence-corrected chi connectivity index (χ4v) is 1.29. The van der Waals surface area contributed by atoms with Crippen LogP contribution in [0.1, 0.15) is 17.3 Å². The zero-order chi connectivity index (χ0) is 11.4. The van der Waals surface area contributed by atoms with E-state index in [9.17, 15) is 0 Å². The van der Waals surface area contributed by atoms with Crippen molar-refractivity contribution in [2.45, 2.75) is 20.0 Å². The minimum atomic E-state index is 0.556. The third kappa shape index (κ3) is 2.54. The van der Waals surface area contributed by atoms with Gasteiger partial charge in [-0.2, -0.15) is 10.1 Å². The SMILES string of the molecule is C=Cn1cc(CNCc2nc(C)no2)cn1. The lowest BCUT2D eigenvalue weighted by molar-refractivity contribution is 0.364. The van der Waals surface area contributed by atoms with E-state index in [2.05, 4.69) is 27.1 Å². The molecule has 0 saturated heterocycles. The molecule has 2 rings (SSSR count). The number of nitrogens with one attached hydrogen (secondary N) is 1. The van der Waals surface area contributed by atoms with E-state index in [1.807, 2.05) is 6.20 Å². The molecule has 0 amide bonds. The second-order valence-corrected chi connectivity index (χ2v) is 3.35. The maximum absolute atomic E-state index is 4.97. The summed E-state index contributed by atoms with van der Waals surface area (Å²) in [7, 11) is 0. The summed E-state index contributed by atoms with van der Waals surface area (Å²) in [6.45, 7) is 6.67. The molecule has 2 aromatic rings. The highest BCUT2D eigenvalue weighted by Gasteiger charge is 2.02. The molecule has 0 bridgehead atoms. The third-order valence-corrected chi connectivity index (χ3v) is 2.02. The van der Waals surface area contributed by atoms with Gasteiger partial charge in [0.15, 0.2) is 5.82 Å². The predicted molar refractivity (Wildman–Crippen MR) is 58.2 cm³/mol. The molecule has 0 atom stereocenters. The predicted octanol–water partition coefficient (Wildman–Crippen LogP) is 0.965. The Hall–Kier alpha value is -1.95. The van der Waals surface area contributed by atoms with Gasteiger partial charge in [0.1, 0.15) is 0 Å². The van der Waals surface area contributed by atoms with Crippen molar-refractivity contribution in [2.24, 2.45) is 0 Å². The zero-order valence-electron chi connectivity index (χ0n) is 9.05. The summed E-state index contributed by atoms with van der Waals surface area (Å²) in [5.74, 6) is 1.24. The van der Waals surface area contributed by atoms with Crippen LogP contribution in [0.2, 0.25) is 0 Å². The number of rotatable bonds is 5. The molecule has 0 spiro atoms. The lowest BCUT2D eigenvalue weighted by Crippen LogP contribution is -2.12. The molecule has 1 N–H and O–H groups in total. The van der Waals surface area contributed by atoms with Crippen LogP contribution >= 0.6 is 0 Å². The first-order chi connectivity index (χ1) is 7.78. The highest BCUT2D eigenvalue weighted by atomic mass is 16.5. The van der Waals surface area contributed by atoms with Crippen LogP contribution in [0.15, 0.2) is 23.5 Å². The second kappa shape index (κ2) is 4.71. The molecule has 2 aromatic heterocycles. The Labute approximate surface area is 93.0 Å². The monoisotopic (exact) mass is 219 g/mol. The van der Waals surface area contributed by atoms with E-state index in [4.69, 9.17) is 4.52 Å². The van der Waals surface area contributed by atoms with Gasteiger partial charge in [-0.05, 0) is 6.92 Å². The average molecular weight is 219 g/mol. The molecular formula is C10H13N5O. The smallest absolute Gasteiger partial charge is 0.240 e. The average Bonchev–Trinajstić information content (AvgIpc) is 2.88. The Morgan fingerprint density at radius 2 is 2.44 bits per heavy atom. The van der Waals surface area contributed by atoms with Gasteiger partial charge in [0.2, 0.25) is 5.89 Å². The highest BCUT2D eigenvalue weighted by molar-refractivity contribution is 5.17. The lowest BCUT2D eigenvalue weighted by atomic mass is 10.3.